The van der Waals surface area contributed by atoms with Crippen molar-refractivity contribution in [3.63, 3.8) is 0 Å². The van der Waals surface area contributed by atoms with Gasteiger partial charge in [0.15, 0.2) is 11.8 Å². The molecule has 0 aromatic carbocycles. The number of hydrogen-bond donors (Lipinski definition) is 7. The Kier molecular flexibility index (Phi) is 10.00. The summed E-state index contributed by atoms with van der Waals surface area (Å²) in [6.45, 7) is -2.67. The highest BCUT2D eigenvalue weighted by Crippen LogP contribution is 2.66. The molecule has 33 heavy (non-hydrogen) atoms. The monoisotopic (exact) mass is 550 g/mol. The summed E-state index contributed by atoms with van der Waals surface area (Å²) in [6, 6.07) is 0.692. The van der Waals surface area contributed by atoms with Crippen LogP contribution in [0.1, 0.15) is 13.2 Å². The maximum absolute atomic E-state index is 14.3. The van der Waals surface area contributed by atoms with E-state index in [1.54, 1.807) is 4.98 Å². The molecular weight excluding hydrogens is 531 g/mol. The third-order valence-electron chi connectivity index (χ3n) is 3.53. The molecule has 0 amide bonds. The van der Waals surface area contributed by atoms with Crippen molar-refractivity contribution in [1.82, 2.24) is 9.55 Å². The first-order chi connectivity index (χ1) is 14.8. The molecule has 0 spiro atoms. The number of aromatic nitrogens is 2. The van der Waals surface area contributed by atoms with Crippen LogP contribution in [0, 0.1) is 0 Å². The molecule has 0 saturated heterocycles. The van der Waals surface area contributed by atoms with E-state index >= 15 is 0 Å². The van der Waals surface area contributed by atoms with Crippen LogP contribution in [0.4, 0.5) is 8.78 Å². The smallest absolute Gasteiger partial charge is 0.390 e. The van der Waals surface area contributed by atoms with Crippen LogP contribution >= 0.6 is 23.5 Å². The van der Waals surface area contributed by atoms with Gasteiger partial charge < -0.3 is 34.5 Å². The fourth-order valence-electron chi connectivity index (χ4n) is 2.06. The Bertz CT molecular complexity index is 1070. The van der Waals surface area contributed by atoms with Crippen LogP contribution in [0.5, 0.6) is 0 Å². The van der Waals surface area contributed by atoms with Crippen LogP contribution < -0.4 is 11.2 Å². The SMILES string of the molecule is C[C@@H](O)[C@](O)(CF)[C@@H](OC(F)COP(=O)(O)OP(=O)(O)OP(=O)(O)O)n1ccc(=O)[nH]c1=O. The van der Waals surface area contributed by atoms with Crippen molar-refractivity contribution in [3.8, 4) is 0 Å². The van der Waals surface area contributed by atoms with Crippen LogP contribution in [0.3, 0.4) is 0 Å². The Balaban J connectivity index is 3.07. The van der Waals surface area contributed by atoms with Crippen LogP contribution in [0.25, 0.3) is 0 Å². The average molecular weight is 550 g/mol. The maximum atomic E-state index is 14.3. The second-order valence-corrected chi connectivity index (χ2v) is 10.5. The molecule has 22 heteroatoms. The first-order valence-corrected chi connectivity index (χ1v) is 12.7. The lowest BCUT2D eigenvalue weighted by molar-refractivity contribution is -0.241. The summed E-state index contributed by atoms with van der Waals surface area (Å²) >= 11 is 0. The first-order valence-electron chi connectivity index (χ1n) is 8.17. The second kappa shape index (κ2) is 11.0. The van der Waals surface area contributed by atoms with Crippen molar-refractivity contribution < 1.29 is 70.1 Å². The van der Waals surface area contributed by atoms with E-state index in [4.69, 9.17) is 14.7 Å². The van der Waals surface area contributed by atoms with Gasteiger partial charge >= 0.3 is 29.2 Å². The standard InChI is InChI=1S/C11H19F2N2O15P3/c1-6(16)11(19,5-12)9(15-3-2-8(17)14-10(15)18)28-7(13)4-27-32(23,24)30-33(25,26)29-31(20,21)22/h2-3,6-7,9,16,19H,4-5H2,1H3,(H,23,24)(H,25,26)(H,14,17,18)(H2,20,21,22)/t6-,7?,9-,11-/m1/s1. The molecule has 0 aliphatic carbocycles. The van der Waals surface area contributed by atoms with Crippen LogP contribution in [-0.4, -0.2) is 70.7 Å². The molecule has 6 atom stereocenters. The first kappa shape index (κ1) is 29.9. The van der Waals surface area contributed by atoms with Gasteiger partial charge in [-0.2, -0.15) is 8.62 Å². The molecule has 7 N–H and O–H groups in total. The molecule has 1 aromatic heterocycles. The minimum Gasteiger partial charge on any atom is -0.390 e. The lowest BCUT2D eigenvalue weighted by Gasteiger charge is -2.37. The molecule has 0 fully saturated rings. The predicted molar refractivity (Wildman–Crippen MR) is 98.8 cm³/mol. The Morgan fingerprint density at radius 2 is 1.73 bits per heavy atom. The highest BCUT2D eigenvalue weighted by atomic mass is 31.3. The summed E-state index contributed by atoms with van der Waals surface area (Å²) in [4.78, 5) is 60.0. The molecule has 0 aliphatic heterocycles. The number of alkyl halides is 2. The molecule has 192 valence electrons. The van der Waals surface area contributed by atoms with Crippen molar-refractivity contribution in [2.45, 2.75) is 31.2 Å². The largest absolute Gasteiger partial charge is 0.490 e. The number of phosphoric acid groups is 3. The van der Waals surface area contributed by atoms with Crippen molar-refractivity contribution in [2.24, 2.45) is 0 Å². The van der Waals surface area contributed by atoms with Gasteiger partial charge in [0.25, 0.3) is 5.56 Å². The summed E-state index contributed by atoms with van der Waals surface area (Å²) in [5, 5.41) is 20.0. The van der Waals surface area contributed by atoms with E-state index in [9.17, 15) is 47.2 Å². The molecule has 1 heterocycles. The van der Waals surface area contributed by atoms with Crippen molar-refractivity contribution in [1.29, 1.82) is 0 Å². The highest BCUT2D eigenvalue weighted by Gasteiger charge is 2.46. The van der Waals surface area contributed by atoms with E-state index in [0.717, 1.165) is 6.92 Å². The van der Waals surface area contributed by atoms with Crippen molar-refractivity contribution in [2.75, 3.05) is 13.3 Å². The summed E-state index contributed by atoms with van der Waals surface area (Å²) in [6.07, 6.45) is -6.73. The number of aliphatic hydroxyl groups is 2. The normalized spacial score (nSPS) is 20.8. The van der Waals surface area contributed by atoms with Crippen molar-refractivity contribution >= 4 is 23.5 Å². The zero-order chi connectivity index (χ0) is 25.8. The van der Waals surface area contributed by atoms with Gasteiger partial charge in [-0.05, 0) is 6.92 Å². The Morgan fingerprint density at radius 1 is 1.15 bits per heavy atom. The van der Waals surface area contributed by atoms with Gasteiger partial charge in [0.05, 0.1) is 6.10 Å². The Labute approximate surface area is 181 Å². The number of halogens is 2. The number of ether oxygens (including phenoxy) is 1. The molecule has 0 bridgehead atoms. The molecule has 0 radical (unpaired) electrons. The van der Waals surface area contributed by atoms with E-state index in [2.05, 4.69) is 17.9 Å². The minimum atomic E-state index is -5.89. The number of phosphoric ester groups is 1. The van der Waals surface area contributed by atoms with E-state index < -0.39 is 72.3 Å². The molecule has 3 unspecified atom stereocenters. The number of nitrogens with zero attached hydrogens (tertiary/aromatic N) is 1. The molecule has 1 aromatic rings. The Morgan fingerprint density at radius 3 is 2.18 bits per heavy atom. The topological polar surface area (TPSA) is 264 Å². The van der Waals surface area contributed by atoms with Crippen LogP contribution in [-0.2, 0) is 31.6 Å². The zero-order valence-electron chi connectivity index (χ0n) is 16.2. The van der Waals surface area contributed by atoms with Crippen LogP contribution in [0.15, 0.2) is 21.9 Å². The van der Waals surface area contributed by atoms with Gasteiger partial charge in [0, 0.05) is 12.3 Å². The summed E-state index contributed by atoms with van der Waals surface area (Å²) in [5.41, 5.74) is -5.30. The number of nitrogens with one attached hydrogen (secondary N) is 1. The summed E-state index contributed by atoms with van der Waals surface area (Å²) in [5.74, 6) is 0. The fourth-order valence-corrected chi connectivity index (χ4v) is 5.06. The van der Waals surface area contributed by atoms with Gasteiger partial charge in [-0.25, -0.2) is 27.3 Å². The number of H-pyrrole nitrogens is 1. The van der Waals surface area contributed by atoms with E-state index in [-0.39, 0.29) is 4.57 Å². The van der Waals surface area contributed by atoms with Gasteiger partial charge in [-0.3, -0.25) is 18.9 Å². The quantitative estimate of drug-likeness (QED) is 0.142. The highest BCUT2D eigenvalue weighted by molar-refractivity contribution is 7.66. The van der Waals surface area contributed by atoms with E-state index in [0.29, 0.717) is 12.3 Å². The fraction of sp³-hybridized carbons (Fsp3) is 0.636. The number of aromatic amines is 1. The summed E-state index contributed by atoms with van der Waals surface area (Å²) in [7, 11) is -17.3. The van der Waals surface area contributed by atoms with Crippen LogP contribution in [0.2, 0.25) is 0 Å². The third-order valence-corrected chi connectivity index (χ3v) is 7.33. The maximum Gasteiger partial charge on any atom is 0.490 e. The second-order valence-electron chi connectivity index (χ2n) is 6.10. The molecule has 17 nitrogen and oxygen atoms in total. The summed E-state index contributed by atoms with van der Waals surface area (Å²) < 4.78 is 76.8. The number of rotatable bonds is 13. The molecular formula is C11H19F2N2O15P3. The number of hydrogen-bond acceptors (Lipinski definition) is 11. The number of aliphatic hydroxyl groups excluding tert-OH is 1. The van der Waals surface area contributed by atoms with Gasteiger partial charge in [-0.1, -0.05) is 0 Å². The van der Waals surface area contributed by atoms with Gasteiger partial charge in [-0.15, -0.1) is 0 Å². The lowest BCUT2D eigenvalue weighted by Crippen LogP contribution is -2.54. The minimum absolute atomic E-state index is 0.269. The third kappa shape index (κ3) is 9.18. The van der Waals surface area contributed by atoms with Crippen molar-refractivity contribution in [3.05, 3.63) is 33.1 Å². The van der Waals surface area contributed by atoms with E-state index in [1.165, 1.54) is 0 Å². The van der Waals surface area contributed by atoms with Gasteiger partial charge in [0.1, 0.15) is 13.3 Å². The zero-order valence-corrected chi connectivity index (χ0v) is 18.9. The predicted octanol–water partition coefficient (Wildman–Crippen LogP) is -1.23. The molecule has 1 rings (SSSR count). The molecule has 0 saturated carbocycles. The molecule has 0 aliphatic rings. The Hall–Kier alpha value is -1.17. The van der Waals surface area contributed by atoms with E-state index in [1.807, 2.05) is 0 Å². The van der Waals surface area contributed by atoms with Gasteiger partial charge in [0.2, 0.25) is 6.36 Å². The average Bonchev–Trinajstić information content (AvgIpc) is 2.61. The lowest BCUT2D eigenvalue weighted by atomic mass is 9.97.